The quantitative estimate of drug-likeness (QED) is 0.596. The number of methoxy groups -OCH3 is 1. The minimum Gasteiger partial charge on any atom is -0.385 e. The Hall–Kier alpha value is -0.610. The zero-order chi connectivity index (χ0) is 11.0. The molecule has 0 rings (SSSR count). The largest absolute Gasteiger partial charge is 0.385 e. The van der Waals surface area contributed by atoms with E-state index >= 15 is 0 Å². The summed E-state index contributed by atoms with van der Waals surface area (Å²) < 4.78 is 4.87. The normalized spacial score (nSPS) is 14.9. The molecule has 0 aliphatic carbocycles. The van der Waals surface area contributed by atoms with Gasteiger partial charge in [0.15, 0.2) is 0 Å². The van der Waals surface area contributed by atoms with E-state index in [2.05, 4.69) is 5.32 Å². The lowest BCUT2D eigenvalue weighted by Gasteiger charge is -2.27. The fourth-order valence-corrected chi connectivity index (χ4v) is 1.06. The molecule has 0 spiro atoms. The summed E-state index contributed by atoms with van der Waals surface area (Å²) in [5.41, 5.74) is 5.32. The topological polar surface area (TPSA) is 64.3 Å². The molecule has 0 heterocycles. The summed E-state index contributed by atoms with van der Waals surface area (Å²) in [5.74, 6) is 0.0526. The first-order chi connectivity index (χ1) is 6.58. The Morgan fingerprint density at radius 1 is 1.57 bits per heavy atom. The zero-order valence-corrected chi connectivity index (χ0v) is 9.43. The van der Waals surface area contributed by atoms with Gasteiger partial charge >= 0.3 is 0 Å². The number of nitrogens with two attached hydrogens (primary N) is 1. The molecule has 0 saturated carbocycles. The van der Waals surface area contributed by atoms with Crippen molar-refractivity contribution >= 4 is 5.91 Å². The first-order valence-corrected chi connectivity index (χ1v) is 5.08. The van der Waals surface area contributed by atoms with Gasteiger partial charge in [0.05, 0.1) is 0 Å². The highest BCUT2D eigenvalue weighted by Gasteiger charge is 2.21. The molecule has 0 aliphatic heterocycles. The van der Waals surface area contributed by atoms with Crippen LogP contribution in [0.15, 0.2) is 0 Å². The van der Waals surface area contributed by atoms with Crippen molar-refractivity contribution in [3.63, 3.8) is 0 Å². The maximum atomic E-state index is 11.4. The first kappa shape index (κ1) is 13.4. The SMILES string of the molecule is CCC(C)(CN)NC(=O)CCCOC. The second-order valence-corrected chi connectivity index (χ2v) is 3.76. The standard InChI is InChI=1S/C10H22N2O2/c1-4-10(2,8-11)12-9(13)6-5-7-14-3/h4-8,11H2,1-3H3,(H,12,13). The van der Waals surface area contributed by atoms with E-state index < -0.39 is 0 Å². The lowest BCUT2D eigenvalue weighted by molar-refractivity contribution is -0.123. The molecule has 0 bridgehead atoms. The van der Waals surface area contributed by atoms with Gasteiger partial charge in [-0.1, -0.05) is 6.92 Å². The Kier molecular flexibility index (Phi) is 6.49. The first-order valence-electron chi connectivity index (χ1n) is 5.08. The Labute approximate surface area is 86.2 Å². The third kappa shape index (κ3) is 5.19. The maximum absolute atomic E-state index is 11.4. The number of hydrogen-bond donors (Lipinski definition) is 2. The van der Waals surface area contributed by atoms with Gasteiger partial charge in [0, 0.05) is 32.2 Å². The van der Waals surface area contributed by atoms with Gasteiger partial charge in [-0.2, -0.15) is 0 Å². The van der Waals surface area contributed by atoms with Gasteiger partial charge in [0.1, 0.15) is 0 Å². The highest BCUT2D eigenvalue weighted by atomic mass is 16.5. The molecule has 4 nitrogen and oxygen atoms in total. The van der Waals surface area contributed by atoms with E-state index in [1.807, 2.05) is 13.8 Å². The minimum atomic E-state index is -0.260. The Bertz CT molecular complexity index is 168. The number of hydrogen-bond acceptors (Lipinski definition) is 3. The summed E-state index contributed by atoms with van der Waals surface area (Å²) in [6, 6.07) is 0. The molecule has 84 valence electrons. The van der Waals surface area contributed by atoms with Gasteiger partial charge in [-0.05, 0) is 19.8 Å². The van der Waals surface area contributed by atoms with Crippen molar-refractivity contribution in [2.75, 3.05) is 20.3 Å². The molecule has 0 fully saturated rings. The van der Waals surface area contributed by atoms with Crippen LogP contribution < -0.4 is 11.1 Å². The predicted octanol–water partition coefficient (Wildman–Crippen LogP) is 0.657. The van der Waals surface area contributed by atoms with Crippen molar-refractivity contribution in [1.29, 1.82) is 0 Å². The predicted molar refractivity (Wildman–Crippen MR) is 57.0 cm³/mol. The lowest BCUT2D eigenvalue weighted by atomic mass is 9.99. The van der Waals surface area contributed by atoms with E-state index in [1.54, 1.807) is 7.11 Å². The Morgan fingerprint density at radius 2 is 2.21 bits per heavy atom. The third-order valence-electron chi connectivity index (χ3n) is 2.42. The van der Waals surface area contributed by atoms with Crippen LogP contribution in [-0.4, -0.2) is 31.7 Å². The van der Waals surface area contributed by atoms with Crippen LogP contribution in [0.1, 0.15) is 33.1 Å². The molecule has 0 saturated heterocycles. The van der Waals surface area contributed by atoms with Crippen molar-refractivity contribution < 1.29 is 9.53 Å². The monoisotopic (exact) mass is 202 g/mol. The van der Waals surface area contributed by atoms with Crippen molar-refractivity contribution in [2.45, 2.75) is 38.6 Å². The summed E-state index contributed by atoms with van der Waals surface area (Å²) >= 11 is 0. The van der Waals surface area contributed by atoms with E-state index in [4.69, 9.17) is 10.5 Å². The van der Waals surface area contributed by atoms with Crippen molar-refractivity contribution in [2.24, 2.45) is 5.73 Å². The van der Waals surface area contributed by atoms with E-state index in [0.717, 1.165) is 12.8 Å². The molecule has 3 N–H and O–H groups in total. The molecule has 0 aromatic rings. The number of carbonyl (C=O) groups excluding carboxylic acids is 1. The van der Waals surface area contributed by atoms with Gasteiger partial charge in [0.25, 0.3) is 0 Å². The fraction of sp³-hybridized carbons (Fsp3) is 0.900. The average Bonchev–Trinajstić information content (AvgIpc) is 2.18. The molecular weight excluding hydrogens is 180 g/mol. The molecule has 0 aromatic carbocycles. The van der Waals surface area contributed by atoms with Gasteiger partial charge in [-0.25, -0.2) is 0 Å². The van der Waals surface area contributed by atoms with Gasteiger partial charge in [0.2, 0.25) is 5.91 Å². The van der Waals surface area contributed by atoms with Gasteiger partial charge < -0.3 is 15.8 Å². The van der Waals surface area contributed by atoms with Crippen LogP contribution in [0.3, 0.4) is 0 Å². The number of nitrogens with one attached hydrogen (secondary N) is 1. The highest BCUT2D eigenvalue weighted by molar-refractivity contribution is 5.76. The average molecular weight is 202 g/mol. The number of carbonyl (C=O) groups is 1. The van der Waals surface area contributed by atoms with Crippen LogP contribution in [0.25, 0.3) is 0 Å². The molecule has 1 unspecified atom stereocenters. The van der Waals surface area contributed by atoms with E-state index in [0.29, 0.717) is 19.6 Å². The van der Waals surface area contributed by atoms with Crippen molar-refractivity contribution in [3.8, 4) is 0 Å². The molecular formula is C10H22N2O2. The number of ether oxygens (including phenoxy) is 1. The van der Waals surface area contributed by atoms with E-state index in [-0.39, 0.29) is 11.4 Å². The van der Waals surface area contributed by atoms with Crippen LogP contribution >= 0.6 is 0 Å². The van der Waals surface area contributed by atoms with Gasteiger partial charge in [-0.15, -0.1) is 0 Å². The second-order valence-electron chi connectivity index (χ2n) is 3.76. The summed E-state index contributed by atoms with van der Waals surface area (Å²) in [4.78, 5) is 11.4. The number of amides is 1. The van der Waals surface area contributed by atoms with Crippen molar-refractivity contribution in [3.05, 3.63) is 0 Å². The third-order valence-corrected chi connectivity index (χ3v) is 2.42. The summed E-state index contributed by atoms with van der Waals surface area (Å²) in [6.07, 6.45) is 2.11. The lowest BCUT2D eigenvalue weighted by Crippen LogP contribution is -2.50. The molecule has 0 aliphatic rings. The van der Waals surface area contributed by atoms with Crippen molar-refractivity contribution in [1.82, 2.24) is 5.32 Å². The molecule has 0 radical (unpaired) electrons. The number of rotatable bonds is 7. The molecule has 14 heavy (non-hydrogen) atoms. The van der Waals surface area contributed by atoms with Crippen LogP contribution in [-0.2, 0) is 9.53 Å². The maximum Gasteiger partial charge on any atom is 0.220 e. The van der Waals surface area contributed by atoms with Crippen LogP contribution in [0.2, 0.25) is 0 Å². The van der Waals surface area contributed by atoms with Crippen LogP contribution in [0.4, 0.5) is 0 Å². The molecule has 1 atom stereocenters. The summed E-state index contributed by atoms with van der Waals surface area (Å²) in [5, 5.41) is 2.93. The molecule has 1 amide bonds. The minimum absolute atomic E-state index is 0.0526. The van der Waals surface area contributed by atoms with E-state index in [1.165, 1.54) is 0 Å². The zero-order valence-electron chi connectivity index (χ0n) is 9.43. The second kappa shape index (κ2) is 6.79. The Morgan fingerprint density at radius 3 is 2.64 bits per heavy atom. The summed E-state index contributed by atoms with van der Waals surface area (Å²) in [7, 11) is 1.63. The van der Waals surface area contributed by atoms with Crippen LogP contribution in [0, 0.1) is 0 Å². The highest BCUT2D eigenvalue weighted by Crippen LogP contribution is 2.07. The molecule has 0 aromatic heterocycles. The molecule has 4 heteroatoms. The fourth-order valence-electron chi connectivity index (χ4n) is 1.06. The van der Waals surface area contributed by atoms with Gasteiger partial charge in [-0.3, -0.25) is 4.79 Å². The smallest absolute Gasteiger partial charge is 0.220 e. The van der Waals surface area contributed by atoms with Crippen LogP contribution in [0.5, 0.6) is 0 Å². The summed E-state index contributed by atoms with van der Waals surface area (Å²) in [6.45, 7) is 5.07. The Balaban J connectivity index is 3.80. The van der Waals surface area contributed by atoms with E-state index in [9.17, 15) is 4.79 Å².